The second-order valence-corrected chi connectivity index (χ2v) is 5.64. The second kappa shape index (κ2) is 9.54. The molecule has 9 heteroatoms. The average molecular weight is 395 g/mol. The number of carbonyl (C=O) groups is 2. The normalized spacial score (nSPS) is 10.5. The molecule has 28 heavy (non-hydrogen) atoms. The first-order valence-corrected chi connectivity index (χ1v) is 8.17. The molecule has 0 saturated heterocycles. The number of benzene rings is 2. The van der Waals surface area contributed by atoms with E-state index in [1.165, 1.54) is 26.4 Å². The van der Waals surface area contributed by atoms with Crippen LogP contribution in [0.5, 0.6) is 17.2 Å². The van der Waals surface area contributed by atoms with Crippen LogP contribution in [0, 0.1) is 0 Å². The summed E-state index contributed by atoms with van der Waals surface area (Å²) in [5, 5.41) is 11.4. The van der Waals surface area contributed by atoms with Crippen LogP contribution in [0.15, 0.2) is 36.4 Å². The van der Waals surface area contributed by atoms with Gasteiger partial charge in [0.1, 0.15) is 0 Å². The van der Waals surface area contributed by atoms with Gasteiger partial charge in [0.25, 0.3) is 5.91 Å². The molecule has 7 nitrogen and oxygen atoms in total. The number of aryl methyl sites for hydroxylation is 1. The van der Waals surface area contributed by atoms with E-state index in [-0.39, 0.29) is 29.2 Å². The molecule has 150 valence electrons. The SMILES string of the molecule is COc1cc(C(=O)Nc2cccc(CCC(=O)O)c2)cc(OC)c1OC(F)F. The third-order valence-electron chi connectivity index (χ3n) is 3.74. The van der Waals surface area contributed by atoms with Crippen LogP contribution in [0.3, 0.4) is 0 Å². The number of alkyl halides is 2. The number of nitrogens with one attached hydrogen (secondary N) is 1. The number of hydrogen-bond donors (Lipinski definition) is 2. The summed E-state index contributed by atoms with van der Waals surface area (Å²) >= 11 is 0. The van der Waals surface area contributed by atoms with Crippen molar-refractivity contribution in [2.75, 3.05) is 19.5 Å². The number of halogens is 2. The molecule has 0 radical (unpaired) electrons. The summed E-state index contributed by atoms with van der Waals surface area (Å²) in [5.74, 6) is -1.93. The summed E-state index contributed by atoms with van der Waals surface area (Å²) in [7, 11) is 2.50. The van der Waals surface area contributed by atoms with Gasteiger partial charge in [-0.25, -0.2) is 0 Å². The minimum absolute atomic E-state index is 0.0304. The van der Waals surface area contributed by atoms with Crippen LogP contribution >= 0.6 is 0 Å². The number of anilines is 1. The van der Waals surface area contributed by atoms with Crippen LogP contribution in [0.2, 0.25) is 0 Å². The fourth-order valence-electron chi connectivity index (χ4n) is 2.48. The van der Waals surface area contributed by atoms with Crippen molar-refractivity contribution in [2.45, 2.75) is 19.5 Å². The van der Waals surface area contributed by atoms with E-state index in [1.807, 2.05) is 0 Å². The van der Waals surface area contributed by atoms with Gasteiger partial charge < -0.3 is 24.6 Å². The summed E-state index contributed by atoms with van der Waals surface area (Å²) < 4.78 is 39.7. The molecule has 0 fully saturated rings. The van der Waals surface area contributed by atoms with Crippen LogP contribution < -0.4 is 19.5 Å². The van der Waals surface area contributed by atoms with Gasteiger partial charge in [-0.1, -0.05) is 12.1 Å². The van der Waals surface area contributed by atoms with Crippen molar-refractivity contribution in [2.24, 2.45) is 0 Å². The predicted octanol–water partition coefficient (Wildman–Crippen LogP) is 3.57. The molecule has 0 aliphatic carbocycles. The lowest BCUT2D eigenvalue weighted by molar-refractivity contribution is -0.136. The number of carbonyl (C=O) groups excluding carboxylic acids is 1. The number of amides is 1. The van der Waals surface area contributed by atoms with Crippen molar-refractivity contribution >= 4 is 17.6 Å². The molecule has 0 saturated carbocycles. The summed E-state index contributed by atoms with van der Waals surface area (Å²) in [6, 6.07) is 9.25. The Kier molecular flexibility index (Phi) is 7.14. The van der Waals surface area contributed by atoms with E-state index in [4.69, 9.17) is 14.6 Å². The van der Waals surface area contributed by atoms with E-state index in [9.17, 15) is 18.4 Å². The number of aliphatic carboxylic acids is 1. The van der Waals surface area contributed by atoms with Crippen molar-refractivity contribution in [1.82, 2.24) is 0 Å². The monoisotopic (exact) mass is 395 g/mol. The number of methoxy groups -OCH3 is 2. The van der Waals surface area contributed by atoms with Crippen molar-refractivity contribution in [1.29, 1.82) is 0 Å². The van der Waals surface area contributed by atoms with Crippen LogP contribution in [0.1, 0.15) is 22.3 Å². The molecule has 0 aromatic heterocycles. The van der Waals surface area contributed by atoms with Crippen molar-refractivity contribution < 1.29 is 37.7 Å². The number of hydrogen-bond acceptors (Lipinski definition) is 5. The molecule has 2 aromatic carbocycles. The topological polar surface area (TPSA) is 94.1 Å². The first kappa shape index (κ1) is 20.9. The average Bonchev–Trinajstić information content (AvgIpc) is 2.66. The molecule has 2 N–H and O–H groups in total. The highest BCUT2D eigenvalue weighted by atomic mass is 19.3. The summed E-state index contributed by atoms with van der Waals surface area (Å²) in [4.78, 5) is 23.2. The fourth-order valence-corrected chi connectivity index (χ4v) is 2.48. The molecule has 2 rings (SSSR count). The maximum atomic E-state index is 12.6. The number of carboxylic acid groups (broad SMARTS) is 1. The molecule has 0 unspecified atom stereocenters. The first-order chi connectivity index (χ1) is 13.3. The highest BCUT2D eigenvalue weighted by molar-refractivity contribution is 6.05. The largest absolute Gasteiger partial charge is 0.493 e. The molecule has 0 heterocycles. The molecular formula is C19H19F2NO6. The Labute approximate surface area is 159 Å². The zero-order valence-corrected chi connectivity index (χ0v) is 15.2. The Balaban J connectivity index is 2.24. The minimum atomic E-state index is -3.09. The molecule has 2 aromatic rings. The van der Waals surface area contributed by atoms with E-state index < -0.39 is 18.5 Å². The Bertz CT molecular complexity index is 831. The van der Waals surface area contributed by atoms with Crippen LogP contribution in [-0.4, -0.2) is 37.8 Å². The van der Waals surface area contributed by atoms with Crippen LogP contribution in [-0.2, 0) is 11.2 Å². The number of rotatable bonds is 9. The summed E-state index contributed by atoms with van der Waals surface area (Å²) in [6.45, 7) is -3.09. The van der Waals surface area contributed by atoms with E-state index in [2.05, 4.69) is 10.1 Å². The van der Waals surface area contributed by atoms with Gasteiger partial charge in [0.2, 0.25) is 5.75 Å². The maximum absolute atomic E-state index is 12.6. The van der Waals surface area contributed by atoms with Gasteiger partial charge in [-0.05, 0) is 36.2 Å². The highest BCUT2D eigenvalue weighted by Gasteiger charge is 2.20. The molecule has 1 amide bonds. The Morgan fingerprint density at radius 1 is 1.11 bits per heavy atom. The predicted molar refractivity (Wildman–Crippen MR) is 96.5 cm³/mol. The van der Waals surface area contributed by atoms with Crippen LogP contribution in [0.25, 0.3) is 0 Å². The molecule has 0 aliphatic rings. The highest BCUT2D eigenvalue weighted by Crippen LogP contribution is 2.39. The quantitative estimate of drug-likeness (QED) is 0.674. The Hall–Kier alpha value is -3.36. The third kappa shape index (κ3) is 5.57. The second-order valence-electron chi connectivity index (χ2n) is 5.64. The van der Waals surface area contributed by atoms with Gasteiger partial charge in [0.05, 0.1) is 14.2 Å². The molecular weight excluding hydrogens is 376 g/mol. The smallest absolute Gasteiger partial charge is 0.387 e. The lowest BCUT2D eigenvalue weighted by atomic mass is 10.1. The van der Waals surface area contributed by atoms with Crippen molar-refractivity contribution in [3.8, 4) is 17.2 Å². The van der Waals surface area contributed by atoms with Gasteiger partial charge in [-0.15, -0.1) is 0 Å². The molecule has 0 bridgehead atoms. The summed E-state index contributed by atoms with van der Waals surface area (Å²) in [6.07, 6.45) is 0.289. The zero-order chi connectivity index (χ0) is 20.7. The standard InChI is InChI=1S/C19H19F2NO6/c1-26-14-9-12(10-15(27-2)17(14)28-19(20)21)18(25)22-13-5-3-4-11(8-13)6-7-16(23)24/h3-5,8-10,19H,6-7H2,1-2H3,(H,22,25)(H,23,24). The van der Waals surface area contributed by atoms with E-state index in [1.54, 1.807) is 24.3 Å². The van der Waals surface area contributed by atoms with Gasteiger partial charge in [-0.3, -0.25) is 9.59 Å². The number of ether oxygens (including phenoxy) is 3. The lowest BCUT2D eigenvalue weighted by Gasteiger charge is -2.15. The van der Waals surface area contributed by atoms with Crippen LogP contribution in [0.4, 0.5) is 14.5 Å². The fraction of sp³-hybridized carbons (Fsp3) is 0.263. The first-order valence-electron chi connectivity index (χ1n) is 8.17. The van der Waals surface area contributed by atoms with Gasteiger partial charge >= 0.3 is 12.6 Å². The third-order valence-corrected chi connectivity index (χ3v) is 3.74. The molecule has 0 aliphatic heterocycles. The summed E-state index contributed by atoms with van der Waals surface area (Å²) in [5.41, 5.74) is 1.31. The van der Waals surface area contributed by atoms with E-state index in [0.717, 1.165) is 5.56 Å². The zero-order valence-electron chi connectivity index (χ0n) is 15.2. The minimum Gasteiger partial charge on any atom is -0.493 e. The Morgan fingerprint density at radius 3 is 2.29 bits per heavy atom. The number of carboxylic acids is 1. The molecule has 0 atom stereocenters. The van der Waals surface area contributed by atoms with Crippen molar-refractivity contribution in [3.63, 3.8) is 0 Å². The lowest BCUT2D eigenvalue weighted by Crippen LogP contribution is -2.13. The van der Waals surface area contributed by atoms with Gasteiger partial charge in [-0.2, -0.15) is 8.78 Å². The maximum Gasteiger partial charge on any atom is 0.387 e. The van der Waals surface area contributed by atoms with E-state index >= 15 is 0 Å². The Morgan fingerprint density at radius 2 is 1.75 bits per heavy atom. The van der Waals surface area contributed by atoms with Crippen molar-refractivity contribution in [3.05, 3.63) is 47.5 Å². The van der Waals surface area contributed by atoms with Gasteiger partial charge in [0, 0.05) is 17.7 Å². The van der Waals surface area contributed by atoms with Gasteiger partial charge in [0.15, 0.2) is 11.5 Å². The molecule has 0 spiro atoms. The van der Waals surface area contributed by atoms with E-state index in [0.29, 0.717) is 12.1 Å².